The number of amides is 2. The van der Waals surface area contributed by atoms with Crippen molar-refractivity contribution >= 4 is 45.7 Å². The van der Waals surface area contributed by atoms with Gasteiger partial charge in [0.2, 0.25) is 5.91 Å². The van der Waals surface area contributed by atoms with Crippen LogP contribution in [-0.2, 0) is 11.8 Å². The van der Waals surface area contributed by atoms with Crippen LogP contribution in [0.4, 0.5) is 10.8 Å². The first-order chi connectivity index (χ1) is 19.0. The van der Waals surface area contributed by atoms with Gasteiger partial charge in [-0.05, 0) is 31.9 Å². The van der Waals surface area contributed by atoms with Crippen LogP contribution in [0, 0.1) is 29.9 Å². The van der Waals surface area contributed by atoms with Gasteiger partial charge in [-0.3, -0.25) is 19.7 Å². The second kappa shape index (κ2) is 12.4. The van der Waals surface area contributed by atoms with Crippen LogP contribution in [0.25, 0.3) is 11.3 Å². The molecular weight excluding hydrogens is 550 g/mol. The minimum atomic E-state index is -0.426. The third-order valence-electron chi connectivity index (χ3n) is 6.20. The molecule has 208 valence electrons. The number of carbonyl (C=O) groups excluding carboxylic acids is 2. The Labute approximate surface area is 239 Å². The number of nitro groups is 1. The molecule has 1 atom stereocenters. The lowest BCUT2D eigenvalue weighted by Crippen LogP contribution is -2.33. The van der Waals surface area contributed by atoms with E-state index >= 15 is 0 Å². The number of rotatable bonds is 10. The van der Waals surface area contributed by atoms with Crippen molar-refractivity contribution in [2.75, 3.05) is 11.1 Å². The van der Waals surface area contributed by atoms with Crippen molar-refractivity contribution < 1.29 is 14.5 Å². The van der Waals surface area contributed by atoms with E-state index in [-0.39, 0.29) is 35.2 Å². The predicted octanol–water partition coefficient (Wildman–Crippen LogP) is 5.32. The quantitative estimate of drug-likeness (QED) is 0.146. The second-order valence-corrected chi connectivity index (χ2v) is 11.4. The van der Waals surface area contributed by atoms with Crippen LogP contribution < -0.4 is 10.6 Å². The van der Waals surface area contributed by atoms with Crippen molar-refractivity contribution in [1.29, 1.82) is 0 Å². The number of aryl methyl sites for hydroxylation is 2. The summed E-state index contributed by atoms with van der Waals surface area (Å²) in [6, 6.07) is 11.9. The highest BCUT2D eigenvalue weighted by Crippen LogP contribution is 2.30. The molecule has 2 amide bonds. The first-order valence-corrected chi connectivity index (χ1v) is 14.3. The summed E-state index contributed by atoms with van der Waals surface area (Å²) in [6.07, 6.45) is 0. The lowest BCUT2D eigenvalue weighted by molar-refractivity contribution is -0.385. The number of thioether (sulfide) groups is 1. The molecule has 0 bridgehead atoms. The van der Waals surface area contributed by atoms with Crippen LogP contribution in [0.1, 0.15) is 47.2 Å². The molecule has 11 nitrogen and oxygen atoms in total. The molecule has 0 fully saturated rings. The normalized spacial score (nSPS) is 11.8. The molecule has 0 saturated heterocycles. The van der Waals surface area contributed by atoms with Gasteiger partial charge in [0.1, 0.15) is 0 Å². The summed E-state index contributed by atoms with van der Waals surface area (Å²) in [5.74, 6) is 0.235. The molecule has 4 rings (SSSR count). The predicted molar refractivity (Wildman–Crippen MR) is 156 cm³/mol. The van der Waals surface area contributed by atoms with Gasteiger partial charge in [-0.2, -0.15) is 0 Å². The van der Waals surface area contributed by atoms with Crippen molar-refractivity contribution in [3.63, 3.8) is 0 Å². The van der Waals surface area contributed by atoms with Crippen molar-refractivity contribution in [2.24, 2.45) is 13.0 Å². The SMILES string of the molecule is Cc1ccc(C(=O)N[C@@H](c2nnc(SCC(=O)Nc3nc(-c4ccc(C)c([N+](=O)[O-])c4)cs3)n2C)C(C)C)cc1. The molecule has 2 N–H and O–H groups in total. The summed E-state index contributed by atoms with van der Waals surface area (Å²) in [5, 5.41) is 28.3. The van der Waals surface area contributed by atoms with Crippen molar-refractivity contribution in [3.05, 3.63) is 80.5 Å². The van der Waals surface area contributed by atoms with Gasteiger partial charge < -0.3 is 15.2 Å². The Morgan fingerprint density at radius 2 is 1.85 bits per heavy atom. The Kier molecular flexibility index (Phi) is 8.95. The molecule has 0 saturated carbocycles. The largest absolute Gasteiger partial charge is 0.342 e. The van der Waals surface area contributed by atoms with Crippen LogP contribution in [0.2, 0.25) is 0 Å². The molecule has 0 spiro atoms. The highest BCUT2D eigenvalue weighted by molar-refractivity contribution is 7.99. The average Bonchev–Trinajstić information content (AvgIpc) is 3.52. The molecule has 2 aromatic heterocycles. The van der Waals surface area contributed by atoms with E-state index in [1.807, 2.05) is 32.9 Å². The fraction of sp³-hybridized carbons (Fsp3) is 0.296. The van der Waals surface area contributed by atoms with Gasteiger partial charge in [0.25, 0.3) is 11.6 Å². The van der Waals surface area contributed by atoms with E-state index in [4.69, 9.17) is 0 Å². The van der Waals surface area contributed by atoms with Crippen LogP contribution in [0.15, 0.2) is 53.0 Å². The zero-order valence-corrected chi connectivity index (χ0v) is 24.3. The Morgan fingerprint density at radius 3 is 2.52 bits per heavy atom. The van der Waals surface area contributed by atoms with Gasteiger partial charge in [0.05, 0.1) is 22.4 Å². The van der Waals surface area contributed by atoms with E-state index < -0.39 is 4.92 Å². The summed E-state index contributed by atoms with van der Waals surface area (Å²) in [6.45, 7) is 7.63. The smallest absolute Gasteiger partial charge is 0.272 e. The van der Waals surface area contributed by atoms with Crippen molar-refractivity contribution in [3.8, 4) is 11.3 Å². The minimum Gasteiger partial charge on any atom is -0.342 e. The number of benzene rings is 2. The van der Waals surface area contributed by atoms with E-state index in [1.54, 1.807) is 48.2 Å². The van der Waals surface area contributed by atoms with Gasteiger partial charge in [0, 0.05) is 35.2 Å². The Morgan fingerprint density at radius 1 is 1.12 bits per heavy atom. The molecular formula is C27H29N7O4S2. The van der Waals surface area contributed by atoms with E-state index in [0.29, 0.717) is 38.5 Å². The molecule has 0 unspecified atom stereocenters. The molecule has 0 aliphatic heterocycles. The van der Waals surface area contributed by atoms with Gasteiger partial charge in [-0.15, -0.1) is 21.5 Å². The molecule has 4 aromatic rings. The lowest BCUT2D eigenvalue weighted by Gasteiger charge is -2.21. The Balaban J connectivity index is 1.38. The lowest BCUT2D eigenvalue weighted by atomic mass is 10.0. The van der Waals surface area contributed by atoms with Gasteiger partial charge in [0.15, 0.2) is 16.1 Å². The maximum atomic E-state index is 12.8. The summed E-state index contributed by atoms with van der Waals surface area (Å²) >= 11 is 2.45. The zero-order valence-electron chi connectivity index (χ0n) is 22.7. The van der Waals surface area contributed by atoms with E-state index in [1.165, 1.54) is 29.2 Å². The highest BCUT2D eigenvalue weighted by atomic mass is 32.2. The van der Waals surface area contributed by atoms with E-state index in [0.717, 1.165) is 5.56 Å². The maximum absolute atomic E-state index is 12.8. The number of nitrogens with one attached hydrogen (secondary N) is 2. The van der Waals surface area contributed by atoms with E-state index in [2.05, 4.69) is 25.8 Å². The summed E-state index contributed by atoms with van der Waals surface area (Å²) in [5.41, 5.74) is 3.37. The summed E-state index contributed by atoms with van der Waals surface area (Å²) in [7, 11) is 1.80. The highest BCUT2D eigenvalue weighted by Gasteiger charge is 2.25. The van der Waals surface area contributed by atoms with Crippen molar-refractivity contribution in [1.82, 2.24) is 25.1 Å². The first kappa shape index (κ1) is 28.9. The van der Waals surface area contributed by atoms with Crippen LogP contribution in [0.5, 0.6) is 0 Å². The van der Waals surface area contributed by atoms with Gasteiger partial charge in [-0.25, -0.2) is 4.98 Å². The summed E-state index contributed by atoms with van der Waals surface area (Å²) < 4.78 is 1.78. The number of nitrogens with zero attached hydrogens (tertiary/aromatic N) is 5. The third-order valence-corrected chi connectivity index (χ3v) is 7.98. The number of nitro benzene ring substituents is 1. The van der Waals surface area contributed by atoms with Gasteiger partial charge >= 0.3 is 0 Å². The van der Waals surface area contributed by atoms with Crippen molar-refractivity contribution in [2.45, 2.75) is 38.9 Å². The van der Waals surface area contributed by atoms with Crippen LogP contribution in [0.3, 0.4) is 0 Å². The second-order valence-electron chi connectivity index (χ2n) is 9.59. The molecule has 13 heteroatoms. The molecule has 0 aliphatic carbocycles. The number of thiazole rings is 1. The third kappa shape index (κ3) is 6.72. The fourth-order valence-corrected chi connectivity index (χ4v) is 5.35. The topological polar surface area (TPSA) is 145 Å². The van der Waals surface area contributed by atoms with Crippen LogP contribution >= 0.6 is 23.1 Å². The monoisotopic (exact) mass is 579 g/mol. The number of hydrogen-bond acceptors (Lipinski definition) is 9. The molecule has 0 radical (unpaired) electrons. The minimum absolute atomic E-state index is 0.0185. The Hall–Kier alpha value is -4.10. The van der Waals surface area contributed by atoms with Crippen LogP contribution in [-0.4, -0.2) is 42.2 Å². The fourth-order valence-electron chi connectivity index (χ4n) is 3.90. The number of carbonyl (C=O) groups is 2. The number of aromatic nitrogens is 4. The number of hydrogen-bond donors (Lipinski definition) is 2. The van der Waals surface area contributed by atoms with Gasteiger partial charge in [-0.1, -0.05) is 55.4 Å². The molecule has 40 heavy (non-hydrogen) atoms. The summed E-state index contributed by atoms with van der Waals surface area (Å²) in [4.78, 5) is 40.7. The molecule has 2 aromatic carbocycles. The standard InChI is InChI=1S/C27H29N7O4S2/c1-15(2)23(30-25(36)18-9-6-16(3)7-10-18)24-31-32-27(33(24)5)40-14-22(35)29-26-28-20(13-39-26)19-11-8-17(4)21(12-19)34(37)38/h6-13,15,23H,14H2,1-5H3,(H,30,36)(H,28,29,35)/t23-/m1/s1. The first-order valence-electron chi connectivity index (χ1n) is 12.4. The van der Waals surface area contributed by atoms with E-state index in [9.17, 15) is 19.7 Å². The molecule has 2 heterocycles. The maximum Gasteiger partial charge on any atom is 0.272 e. The average molecular weight is 580 g/mol. The number of anilines is 1. The zero-order chi connectivity index (χ0) is 29.0. The Bertz CT molecular complexity index is 1550. The molecule has 0 aliphatic rings.